The first kappa shape index (κ1) is 20.1. The van der Waals surface area contributed by atoms with Crippen molar-refractivity contribution in [1.82, 2.24) is 19.0 Å². The van der Waals surface area contributed by atoms with Crippen LogP contribution in [0, 0.1) is 5.92 Å². The molecule has 3 atom stereocenters. The van der Waals surface area contributed by atoms with Gasteiger partial charge >= 0.3 is 0 Å². The maximum atomic E-state index is 12.9. The van der Waals surface area contributed by atoms with E-state index >= 15 is 0 Å². The number of benzene rings is 1. The van der Waals surface area contributed by atoms with E-state index in [-0.39, 0.29) is 11.6 Å². The first-order valence-electron chi connectivity index (χ1n) is 11.2. The Hall–Kier alpha value is -2.86. The van der Waals surface area contributed by atoms with Gasteiger partial charge in [-0.3, -0.25) is 4.79 Å². The van der Waals surface area contributed by atoms with E-state index in [2.05, 4.69) is 44.3 Å². The quantitative estimate of drug-likeness (QED) is 0.618. The van der Waals surface area contributed by atoms with Crippen molar-refractivity contribution < 1.29 is 4.74 Å². The van der Waals surface area contributed by atoms with E-state index in [0.29, 0.717) is 11.8 Å². The Morgan fingerprint density at radius 3 is 2.84 bits per heavy atom. The van der Waals surface area contributed by atoms with Crippen molar-refractivity contribution >= 4 is 0 Å². The summed E-state index contributed by atoms with van der Waals surface area (Å²) in [6, 6.07) is 14.2. The van der Waals surface area contributed by atoms with Crippen LogP contribution in [0.5, 0.6) is 5.75 Å². The van der Waals surface area contributed by atoms with Crippen molar-refractivity contribution in [3.63, 3.8) is 0 Å². The highest BCUT2D eigenvalue weighted by Gasteiger charge is 2.40. The lowest BCUT2D eigenvalue weighted by Gasteiger charge is -2.47. The SMILES string of the molecule is COc1cccc(C[C@H]2[C@H]3C[C@H](CN(CCc4nccn4C)C3)c3cccc(=O)n32)c1. The predicted octanol–water partition coefficient (Wildman–Crippen LogP) is 3.04. The highest BCUT2D eigenvalue weighted by atomic mass is 16.5. The fraction of sp³-hybridized carbons (Fsp3) is 0.440. The molecule has 0 radical (unpaired) electrons. The fourth-order valence-electron chi connectivity index (χ4n) is 5.52. The molecular formula is C25H30N4O2. The Labute approximate surface area is 183 Å². The van der Waals surface area contributed by atoms with E-state index in [4.69, 9.17) is 4.74 Å². The summed E-state index contributed by atoms with van der Waals surface area (Å²) in [5.41, 5.74) is 2.54. The van der Waals surface area contributed by atoms with Crippen LogP contribution in [0.25, 0.3) is 0 Å². The van der Waals surface area contributed by atoms with Gasteiger partial charge in [0.1, 0.15) is 11.6 Å². The number of aromatic nitrogens is 3. The maximum Gasteiger partial charge on any atom is 0.251 e. The Balaban J connectivity index is 1.42. The van der Waals surface area contributed by atoms with Crippen LogP contribution in [0.4, 0.5) is 0 Å². The van der Waals surface area contributed by atoms with E-state index in [1.807, 2.05) is 30.6 Å². The van der Waals surface area contributed by atoms with E-state index in [1.54, 1.807) is 13.2 Å². The summed E-state index contributed by atoms with van der Waals surface area (Å²) >= 11 is 0. The first-order chi connectivity index (χ1) is 15.1. The smallest absolute Gasteiger partial charge is 0.251 e. The Morgan fingerprint density at radius 2 is 2.03 bits per heavy atom. The maximum absolute atomic E-state index is 12.9. The molecule has 0 unspecified atom stereocenters. The van der Waals surface area contributed by atoms with E-state index < -0.39 is 0 Å². The van der Waals surface area contributed by atoms with Crippen molar-refractivity contribution in [1.29, 1.82) is 0 Å². The van der Waals surface area contributed by atoms with Gasteiger partial charge in [0.2, 0.25) is 0 Å². The van der Waals surface area contributed by atoms with Gasteiger partial charge in [-0.25, -0.2) is 4.98 Å². The van der Waals surface area contributed by atoms with Crippen LogP contribution in [0.3, 0.4) is 0 Å². The summed E-state index contributed by atoms with van der Waals surface area (Å²) in [6.07, 6.45) is 6.82. The third-order valence-electron chi connectivity index (χ3n) is 7.03. The average molecular weight is 419 g/mol. The topological polar surface area (TPSA) is 52.3 Å². The second-order valence-electron chi connectivity index (χ2n) is 8.94. The van der Waals surface area contributed by atoms with Crippen molar-refractivity contribution in [2.45, 2.75) is 31.2 Å². The van der Waals surface area contributed by atoms with Gasteiger partial charge in [-0.15, -0.1) is 0 Å². The monoisotopic (exact) mass is 418 g/mol. The zero-order valence-corrected chi connectivity index (χ0v) is 18.3. The lowest BCUT2D eigenvalue weighted by molar-refractivity contribution is 0.0907. The number of piperidine rings is 1. The Kier molecular flexibility index (Phi) is 5.40. The molecule has 2 aliphatic rings. The molecule has 2 aliphatic heterocycles. The standard InChI is InChI=1S/C25H30N4O2/c1-27-12-10-26-24(27)9-11-28-16-19-15-20(17-28)23(29-22(19)7-4-8-25(29)30)14-18-5-3-6-21(13-18)31-2/h3-8,10,12-13,19-20,23H,9,11,14-17H2,1-2H3/t19-,20+,23+/m1/s1. The molecule has 0 N–H and O–H groups in total. The number of imidazole rings is 1. The lowest BCUT2D eigenvalue weighted by atomic mass is 9.76. The largest absolute Gasteiger partial charge is 0.497 e. The number of nitrogens with zero attached hydrogens (tertiary/aromatic N) is 4. The molecule has 162 valence electrons. The number of rotatable bonds is 6. The average Bonchev–Trinajstić information content (AvgIpc) is 3.20. The van der Waals surface area contributed by atoms with Crippen LogP contribution in [-0.4, -0.2) is 45.8 Å². The normalized spacial score (nSPS) is 22.8. The van der Waals surface area contributed by atoms with E-state index in [9.17, 15) is 4.79 Å². The predicted molar refractivity (Wildman–Crippen MR) is 121 cm³/mol. The molecule has 1 aromatic carbocycles. The van der Waals surface area contributed by atoms with Crippen LogP contribution >= 0.6 is 0 Å². The van der Waals surface area contributed by atoms with Gasteiger partial charge in [0, 0.05) is 69.2 Å². The van der Waals surface area contributed by atoms with Gasteiger partial charge in [0.25, 0.3) is 5.56 Å². The highest BCUT2D eigenvalue weighted by molar-refractivity contribution is 5.30. The molecule has 2 bridgehead atoms. The third kappa shape index (κ3) is 3.92. The second-order valence-corrected chi connectivity index (χ2v) is 8.94. The van der Waals surface area contributed by atoms with Crippen molar-refractivity contribution in [3.8, 4) is 5.75 Å². The molecule has 1 fully saturated rings. The van der Waals surface area contributed by atoms with Crippen molar-refractivity contribution in [3.05, 3.63) is 82.3 Å². The fourth-order valence-corrected chi connectivity index (χ4v) is 5.52. The van der Waals surface area contributed by atoms with Crippen molar-refractivity contribution in [2.75, 3.05) is 26.7 Å². The van der Waals surface area contributed by atoms with Gasteiger partial charge in [-0.05, 0) is 42.5 Å². The molecule has 1 saturated heterocycles. The van der Waals surface area contributed by atoms with Gasteiger partial charge in [0.15, 0.2) is 0 Å². The molecule has 31 heavy (non-hydrogen) atoms. The lowest BCUT2D eigenvalue weighted by Crippen LogP contribution is -2.50. The molecule has 6 heteroatoms. The summed E-state index contributed by atoms with van der Waals surface area (Å²) < 4.78 is 9.62. The summed E-state index contributed by atoms with van der Waals surface area (Å²) in [6.45, 7) is 3.04. The number of methoxy groups -OCH3 is 1. The Morgan fingerprint density at radius 1 is 1.16 bits per heavy atom. The van der Waals surface area contributed by atoms with Gasteiger partial charge in [-0.2, -0.15) is 0 Å². The molecule has 4 heterocycles. The van der Waals surface area contributed by atoms with Crippen LogP contribution in [-0.2, 0) is 19.9 Å². The van der Waals surface area contributed by atoms with Crippen LogP contribution < -0.4 is 10.3 Å². The van der Waals surface area contributed by atoms with Gasteiger partial charge < -0.3 is 18.8 Å². The zero-order valence-electron chi connectivity index (χ0n) is 18.3. The number of fused-ring (bicyclic) bond motifs is 4. The number of pyridine rings is 1. The minimum absolute atomic E-state index is 0.126. The Bertz CT molecular complexity index is 1120. The summed E-state index contributed by atoms with van der Waals surface area (Å²) in [7, 11) is 3.75. The molecule has 0 saturated carbocycles. The van der Waals surface area contributed by atoms with Gasteiger partial charge in [0.05, 0.1) is 7.11 Å². The molecule has 5 rings (SSSR count). The van der Waals surface area contributed by atoms with E-state index in [1.165, 1.54) is 11.3 Å². The molecule has 0 amide bonds. The van der Waals surface area contributed by atoms with Crippen LogP contribution in [0.1, 0.15) is 35.5 Å². The summed E-state index contributed by atoms with van der Waals surface area (Å²) in [5, 5.41) is 0. The number of hydrogen-bond donors (Lipinski definition) is 0. The molecule has 3 aromatic rings. The number of ether oxygens (including phenoxy) is 1. The van der Waals surface area contributed by atoms with Crippen LogP contribution in [0.2, 0.25) is 0 Å². The first-order valence-corrected chi connectivity index (χ1v) is 11.2. The minimum atomic E-state index is 0.126. The number of hydrogen-bond acceptors (Lipinski definition) is 4. The van der Waals surface area contributed by atoms with Crippen molar-refractivity contribution in [2.24, 2.45) is 13.0 Å². The number of aryl methyl sites for hydroxylation is 1. The zero-order chi connectivity index (χ0) is 21.4. The second kappa shape index (κ2) is 8.35. The van der Waals surface area contributed by atoms with Crippen LogP contribution in [0.15, 0.2) is 59.7 Å². The molecular weight excluding hydrogens is 388 g/mol. The summed E-state index contributed by atoms with van der Waals surface area (Å²) in [5.74, 6) is 2.86. The molecule has 2 aromatic heterocycles. The molecule has 6 nitrogen and oxygen atoms in total. The molecule has 0 spiro atoms. The minimum Gasteiger partial charge on any atom is -0.497 e. The third-order valence-corrected chi connectivity index (χ3v) is 7.03. The number of likely N-dealkylation sites (tertiary alicyclic amines) is 1. The highest BCUT2D eigenvalue weighted by Crippen LogP contribution is 2.42. The summed E-state index contributed by atoms with van der Waals surface area (Å²) in [4.78, 5) is 20.0. The van der Waals surface area contributed by atoms with Gasteiger partial charge in [-0.1, -0.05) is 18.2 Å². The van der Waals surface area contributed by atoms with E-state index in [0.717, 1.165) is 50.5 Å². The molecule has 0 aliphatic carbocycles.